The SMILES string of the molecule is Cc1ccc(-c2ccc([C@H](N[C@@H](CC(C)C)C(=O)CC3(C#N)CC3)c3nccs3)cc2)cc1. The summed E-state index contributed by atoms with van der Waals surface area (Å²) in [6.07, 6.45) is 4.55. The van der Waals surface area contributed by atoms with Crippen LogP contribution < -0.4 is 5.32 Å². The van der Waals surface area contributed by atoms with Crippen molar-refractivity contribution in [2.24, 2.45) is 11.3 Å². The summed E-state index contributed by atoms with van der Waals surface area (Å²) in [7, 11) is 0. The fraction of sp³-hybridized carbons (Fsp3) is 0.393. The Bertz CT molecular complexity index is 1110. The fourth-order valence-electron chi connectivity index (χ4n) is 4.20. The molecule has 0 spiro atoms. The molecule has 0 saturated heterocycles. The van der Waals surface area contributed by atoms with E-state index in [1.807, 2.05) is 11.6 Å². The molecule has 0 bridgehead atoms. The lowest BCUT2D eigenvalue weighted by atomic mass is 9.91. The highest BCUT2D eigenvalue weighted by atomic mass is 32.1. The minimum absolute atomic E-state index is 0.139. The molecule has 2 atom stereocenters. The number of rotatable bonds is 10. The molecule has 0 amide bonds. The summed E-state index contributed by atoms with van der Waals surface area (Å²) in [5, 5.41) is 16.0. The standard InChI is InChI=1S/C28H31N3OS/c1-19(2)16-24(25(32)17-28(18-29)12-13-28)31-26(27-30-14-15-33-27)23-10-8-22(9-11-23)21-6-4-20(3)5-7-21/h4-11,14-15,19,24,26,31H,12-13,16-17H2,1-3H3/t24-,26-/m0/s1. The van der Waals surface area contributed by atoms with Crippen LogP contribution in [0.4, 0.5) is 0 Å². The summed E-state index contributed by atoms with van der Waals surface area (Å²) in [6.45, 7) is 6.36. The first-order chi connectivity index (χ1) is 15.9. The lowest BCUT2D eigenvalue weighted by Gasteiger charge is -2.26. The predicted octanol–water partition coefficient (Wildman–Crippen LogP) is 6.48. The Kier molecular flexibility index (Phi) is 7.07. The van der Waals surface area contributed by atoms with Gasteiger partial charge in [-0.1, -0.05) is 67.9 Å². The molecule has 1 saturated carbocycles. The molecule has 1 N–H and O–H groups in total. The molecule has 170 valence electrons. The quantitative estimate of drug-likeness (QED) is 0.379. The Balaban J connectivity index is 1.59. The molecule has 1 aliphatic rings. The number of nitrogens with zero attached hydrogens (tertiary/aromatic N) is 2. The lowest BCUT2D eigenvalue weighted by molar-refractivity contribution is -0.122. The number of ketones is 1. The van der Waals surface area contributed by atoms with Gasteiger partial charge in [0.05, 0.1) is 23.6 Å². The first kappa shape index (κ1) is 23.4. The maximum atomic E-state index is 13.3. The topological polar surface area (TPSA) is 65.8 Å². The average Bonchev–Trinajstić information content (AvgIpc) is 3.37. The number of carbonyl (C=O) groups is 1. The molecule has 2 aromatic carbocycles. The smallest absolute Gasteiger partial charge is 0.151 e. The zero-order chi connectivity index (χ0) is 23.4. The number of nitrogens with one attached hydrogen (secondary N) is 1. The Morgan fingerprint density at radius 2 is 1.76 bits per heavy atom. The number of carbonyl (C=O) groups excluding carboxylic acids is 1. The van der Waals surface area contributed by atoms with Crippen molar-refractivity contribution in [2.45, 2.75) is 58.5 Å². The number of nitriles is 1. The molecule has 4 rings (SSSR count). The van der Waals surface area contributed by atoms with Crippen molar-refractivity contribution in [2.75, 3.05) is 0 Å². The van der Waals surface area contributed by atoms with Crippen LogP contribution in [-0.4, -0.2) is 16.8 Å². The van der Waals surface area contributed by atoms with Crippen LogP contribution in [0.5, 0.6) is 0 Å². The van der Waals surface area contributed by atoms with Gasteiger partial charge in [0.15, 0.2) is 5.78 Å². The van der Waals surface area contributed by atoms with Gasteiger partial charge in [-0.15, -0.1) is 11.3 Å². The molecular formula is C28H31N3OS. The first-order valence-corrected chi connectivity index (χ1v) is 12.5. The number of hydrogen-bond acceptors (Lipinski definition) is 5. The highest BCUT2D eigenvalue weighted by molar-refractivity contribution is 7.09. The maximum absolute atomic E-state index is 13.3. The summed E-state index contributed by atoms with van der Waals surface area (Å²) in [5.41, 5.74) is 4.25. The molecule has 4 nitrogen and oxygen atoms in total. The molecule has 5 heteroatoms. The van der Waals surface area contributed by atoms with Crippen LogP contribution in [0.2, 0.25) is 0 Å². The Morgan fingerprint density at radius 1 is 1.12 bits per heavy atom. The average molecular weight is 458 g/mol. The van der Waals surface area contributed by atoms with E-state index >= 15 is 0 Å². The van der Waals surface area contributed by atoms with E-state index in [0.29, 0.717) is 12.3 Å². The van der Waals surface area contributed by atoms with E-state index in [0.717, 1.165) is 35.4 Å². The van der Waals surface area contributed by atoms with Crippen molar-refractivity contribution < 1.29 is 4.79 Å². The van der Waals surface area contributed by atoms with E-state index in [9.17, 15) is 10.1 Å². The van der Waals surface area contributed by atoms with Crippen LogP contribution in [0, 0.1) is 29.6 Å². The first-order valence-electron chi connectivity index (χ1n) is 11.7. The van der Waals surface area contributed by atoms with Gasteiger partial charge in [0.25, 0.3) is 0 Å². The Hall–Kier alpha value is -2.81. The van der Waals surface area contributed by atoms with Crippen LogP contribution in [-0.2, 0) is 4.79 Å². The van der Waals surface area contributed by atoms with Crippen LogP contribution in [0.15, 0.2) is 60.1 Å². The summed E-state index contributed by atoms with van der Waals surface area (Å²) < 4.78 is 0. The van der Waals surface area contributed by atoms with Gasteiger partial charge in [0, 0.05) is 18.0 Å². The second-order valence-electron chi connectivity index (χ2n) is 9.68. The van der Waals surface area contributed by atoms with E-state index in [4.69, 9.17) is 0 Å². The van der Waals surface area contributed by atoms with Crippen molar-refractivity contribution >= 4 is 17.1 Å². The van der Waals surface area contributed by atoms with Crippen molar-refractivity contribution in [3.63, 3.8) is 0 Å². The molecule has 0 aliphatic heterocycles. The molecule has 0 unspecified atom stereocenters. The van der Waals surface area contributed by atoms with E-state index in [1.165, 1.54) is 11.1 Å². The number of thiazole rings is 1. The summed E-state index contributed by atoms with van der Waals surface area (Å²) in [5.74, 6) is 0.505. The van der Waals surface area contributed by atoms with E-state index in [2.05, 4.69) is 85.7 Å². The number of benzene rings is 2. The van der Waals surface area contributed by atoms with E-state index < -0.39 is 5.41 Å². The largest absolute Gasteiger partial charge is 0.298 e. The normalized spacial score (nSPS) is 16.2. The van der Waals surface area contributed by atoms with Crippen molar-refractivity contribution in [1.29, 1.82) is 5.26 Å². The van der Waals surface area contributed by atoms with Crippen LogP contribution in [0.1, 0.15) is 61.7 Å². The number of Topliss-reactive ketones (excluding diaryl/α,β-unsaturated/α-hetero) is 1. The third-order valence-corrected chi connectivity index (χ3v) is 7.23. The molecule has 1 heterocycles. The number of hydrogen-bond donors (Lipinski definition) is 1. The number of aromatic nitrogens is 1. The van der Waals surface area contributed by atoms with Gasteiger partial charge in [-0.2, -0.15) is 5.26 Å². The monoisotopic (exact) mass is 457 g/mol. The Morgan fingerprint density at radius 3 is 2.27 bits per heavy atom. The molecule has 0 radical (unpaired) electrons. The second kappa shape index (κ2) is 9.99. The maximum Gasteiger partial charge on any atom is 0.151 e. The molecule has 1 fully saturated rings. The van der Waals surface area contributed by atoms with Crippen LogP contribution >= 0.6 is 11.3 Å². The van der Waals surface area contributed by atoms with Gasteiger partial charge in [-0.25, -0.2) is 4.98 Å². The van der Waals surface area contributed by atoms with Gasteiger partial charge in [0.2, 0.25) is 0 Å². The van der Waals surface area contributed by atoms with Gasteiger partial charge in [-0.05, 0) is 48.8 Å². The fourth-order valence-corrected chi connectivity index (χ4v) is 4.92. The van der Waals surface area contributed by atoms with Crippen molar-refractivity contribution in [3.05, 3.63) is 76.2 Å². The van der Waals surface area contributed by atoms with E-state index in [-0.39, 0.29) is 17.9 Å². The summed E-state index contributed by atoms with van der Waals surface area (Å²) >= 11 is 1.59. The predicted molar refractivity (Wildman–Crippen MR) is 134 cm³/mol. The molecule has 1 aromatic heterocycles. The summed E-state index contributed by atoms with van der Waals surface area (Å²) in [4.78, 5) is 17.8. The molecule has 3 aromatic rings. The van der Waals surface area contributed by atoms with Gasteiger partial charge < -0.3 is 0 Å². The number of aryl methyl sites for hydroxylation is 1. The van der Waals surface area contributed by atoms with Crippen molar-refractivity contribution in [1.82, 2.24) is 10.3 Å². The third kappa shape index (κ3) is 5.76. The molecule has 1 aliphatic carbocycles. The highest BCUT2D eigenvalue weighted by Gasteiger charge is 2.46. The summed E-state index contributed by atoms with van der Waals surface area (Å²) in [6, 6.07) is 19.0. The van der Waals surface area contributed by atoms with Gasteiger partial charge in [0.1, 0.15) is 5.01 Å². The zero-order valence-corrected chi connectivity index (χ0v) is 20.4. The van der Waals surface area contributed by atoms with E-state index in [1.54, 1.807) is 11.3 Å². The lowest BCUT2D eigenvalue weighted by Crippen LogP contribution is -2.41. The minimum atomic E-state index is -0.430. The zero-order valence-electron chi connectivity index (χ0n) is 19.5. The third-order valence-electron chi connectivity index (χ3n) is 6.39. The molecular weight excluding hydrogens is 426 g/mol. The highest BCUT2D eigenvalue weighted by Crippen LogP contribution is 2.48. The van der Waals surface area contributed by atoms with Gasteiger partial charge in [-0.3, -0.25) is 10.1 Å². The van der Waals surface area contributed by atoms with Crippen LogP contribution in [0.25, 0.3) is 11.1 Å². The van der Waals surface area contributed by atoms with Gasteiger partial charge >= 0.3 is 0 Å². The van der Waals surface area contributed by atoms with Crippen LogP contribution in [0.3, 0.4) is 0 Å². The Labute approximate surface area is 200 Å². The molecule has 33 heavy (non-hydrogen) atoms. The van der Waals surface area contributed by atoms with Crippen molar-refractivity contribution in [3.8, 4) is 17.2 Å². The second-order valence-corrected chi connectivity index (χ2v) is 10.6. The minimum Gasteiger partial charge on any atom is -0.298 e.